The van der Waals surface area contributed by atoms with Crippen LogP contribution in [0.5, 0.6) is 0 Å². The second-order valence-corrected chi connectivity index (χ2v) is 7.53. The van der Waals surface area contributed by atoms with Crippen LogP contribution in [0.4, 0.5) is 0 Å². The standard InChI is InChI=1S/C24H44O4/c1-3-5-7-8-9-10-11-12-13-14-15-17-22-28-24(26)20-18-19-23(25)27-21-16-6-4-2/h14-15H,3-13,16-22H2,1-2H3/b15-14+. The van der Waals surface area contributed by atoms with Gasteiger partial charge in [-0.25, -0.2) is 0 Å². The van der Waals surface area contributed by atoms with Crippen molar-refractivity contribution in [2.45, 2.75) is 117 Å². The summed E-state index contributed by atoms with van der Waals surface area (Å²) in [5, 5.41) is 0. The van der Waals surface area contributed by atoms with Gasteiger partial charge < -0.3 is 9.47 Å². The molecule has 0 unspecified atom stereocenters. The van der Waals surface area contributed by atoms with Crippen LogP contribution in [-0.4, -0.2) is 25.2 Å². The maximum absolute atomic E-state index is 11.6. The van der Waals surface area contributed by atoms with Gasteiger partial charge in [-0.1, -0.05) is 83.8 Å². The fourth-order valence-corrected chi connectivity index (χ4v) is 2.93. The number of allylic oxidation sites excluding steroid dienone is 1. The summed E-state index contributed by atoms with van der Waals surface area (Å²) in [6.45, 7) is 5.28. The maximum Gasteiger partial charge on any atom is 0.305 e. The lowest BCUT2D eigenvalue weighted by Gasteiger charge is -2.05. The van der Waals surface area contributed by atoms with Crippen molar-refractivity contribution in [1.29, 1.82) is 0 Å². The van der Waals surface area contributed by atoms with Crippen LogP contribution < -0.4 is 0 Å². The summed E-state index contributed by atoms with van der Waals surface area (Å²) < 4.78 is 10.3. The van der Waals surface area contributed by atoms with Crippen LogP contribution in [-0.2, 0) is 19.1 Å². The lowest BCUT2D eigenvalue weighted by molar-refractivity contribution is -0.145. The van der Waals surface area contributed by atoms with Gasteiger partial charge in [-0.15, -0.1) is 0 Å². The molecular formula is C24H44O4. The third kappa shape index (κ3) is 21.0. The van der Waals surface area contributed by atoms with Gasteiger partial charge in [-0.05, 0) is 32.1 Å². The first-order chi connectivity index (χ1) is 13.7. The van der Waals surface area contributed by atoms with Crippen LogP contribution in [0.25, 0.3) is 0 Å². The van der Waals surface area contributed by atoms with Gasteiger partial charge in [0.25, 0.3) is 0 Å². The molecule has 0 rings (SSSR count). The SMILES string of the molecule is CCCCCCCCCC/C=C/CCOC(=O)CCCC(=O)OCCCCC. The normalized spacial score (nSPS) is 11.1. The van der Waals surface area contributed by atoms with E-state index in [0.717, 1.165) is 32.1 Å². The summed E-state index contributed by atoms with van der Waals surface area (Å²) in [7, 11) is 0. The van der Waals surface area contributed by atoms with E-state index in [-0.39, 0.29) is 18.4 Å². The van der Waals surface area contributed by atoms with Crippen molar-refractivity contribution in [3.63, 3.8) is 0 Å². The van der Waals surface area contributed by atoms with Crippen LogP contribution in [0.1, 0.15) is 117 Å². The molecule has 0 aliphatic carbocycles. The van der Waals surface area contributed by atoms with Gasteiger partial charge in [0.05, 0.1) is 13.2 Å². The fraction of sp³-hybridized carbons (Fsp3) is 0.833. The minimum Gasteiger partial charge on any atom is -0.466 e. The van der Waals surface area contributed by atoms with E-state index in [4.69, 9.17) is 9.47 Å². The highest BCUT2D eigenvalue weighted by Crippen LogP contribution is 2.10. The minimum atomic E-state index is -0.227. The van der Waals surface area contributed by atoms with Gasteiger partial charge in [0, 0.05) is 12.8 Å². The lowest BCUT2D eigenvalue weighted by atomic mass is 10.1. The van der Waals surface area contributed by atoms with Gasteiger partial charge in [0.2, 0.25) is 0 Å². The van der Waals surface area contributed by atoms with Crippen molar-refractivity contribution >= 4 is 11.9 Å². The molecular weight excluding hydrogens is 352 g/mol. The van der Waals surface area contributed by atoms with Crippen LogP contribution >= 0.6 is 0 Å². The molecule has 0 aliphatic rings. The molecule has 0 radical (unpaired) electrons. The molecule has 0 saturated carbocycles. The van der Waals surface area contributed by atoms with E-state index in [1.54, 1.807) is 0 Å². The van der Waals surface area contributed by atoms with E-state index < -0.39 is 0 Å². The molecule has 0 N–H and O–H groups in total. The summed E-state index contributed by atoms with van der Waals surface area (Å²) in [5.41, 5.74) is 0. The topological polar surface area (TPSA) is 52.6 Å². The molecule has 0 aromatic rings. The Morgan fingerprint density at radius 3 is 1.71 bits per heavy atom. The number of carbonyl (C=O) groups excluding carboxylic acids is 2. The average molecular weight is 397 g/mol. The molecule has 28 heavy (non-hydrogen) atoms. The second-order valence-electron chi connectivity index (χ2n) is 7.53. The zero-order chi connectivity index (χ0) is 20.7. The first-order valence-corrected chi connectivity index (χ1v) is 11.7. The third-order valence-corrected chi connectivity index (χ3v) is 4.71. The number of ether oxygens (including phenoxy) is 2. The van der Waals surface area contributed by atoms with Crippen molar-refractivity contribution in [1.82, 2.24) is 0 Å². The van der Waals surface area contributed by atoms with Crippen molar-refractivity contribution in [2.75, 3.05) is 13.2 Å². The van der Waals surface area contributed by atoms with Gasteiger partial charge in [0.1, 0.15) is 0 Å². The molecule has 4 heteroatoms. The summed E-state index contributed by atoms with van der Waals surface area (Å²) in [5.74, 6) is -0.442. The molecule has 0 atom stereocenters. The Balaban J connectivity index is 3.35. The monoisotopic (exact) mass is 396 g/mol. The average Bonchev–Trinajstić information content (AvgIpc) is 2.69. The molecule has 0 aromatic carbocycles. The van der Waals surface area contributed by atoms with Crippen LogP contribution in [0.3, 0.4) is 0 Å². The Morgan fingerprint density at radius 2 is 1.07 bits per heavy atom. The Morgan fingerprint density at radius 1 is 0.571 bits per heavy atom. The first kappa shape index (κ1) is 26.7. The smallest absolute Gasteiger partial charge is 0.305 e. The number of rotatable bonds is 20. The fourth-order valence-electron chi connectivity index (χ4n) is 2.93. The van der Waals surface area contributed by atoms with E-state index in [1.807, 2.05) is 0 Å². The summed E-state index contributed by atoms with van der Waals surface area (Å²) in [6.07, 6.45) is 21.1. The van der Waals surface area contributed by atoms with E-state index in [0.29, 0.717) is 26.1 Å². The molecule has 0 aliphatic heterocycles. The third-order valence-electron chi connectivity index (χ3n) is 4.71. The van der Waals surface area contributed by atoms with E-state index in [2.05, 4.69) is 26.0 Å². The van der Waals surface area contributed by atoms with Gasteiger partial charge in [0.15, 0.2) is 0 Å². The predicted octanol–water partition coefficient (Wildman–Crippen LogP) is 6.91. The molecule has 0 aromatic heterocycles. The van der Waals surface area contributed by atoms with Gasteiger partial charge in [-0.3, -0.25) is 9.59 Å². The van der Waals surface area contributed by atoms with Crippen molar-refractivity contribution in [3.05, 3.63) is 12.2 Å². The maximum atomic E-state index is 11.6. The van der Waals surface area contributed by atoms with E-state index >= 15 is 0 Å². The highest BCUT2D eigenvalue weighted by Gasteiger charge is 2.06. The minimum absolute atomic E-state index is 0.215. The molecule has 0 bridgehead atoms. The highest BCUT2D eigenvalue weighted by molar-refractivity contribution is 5.72. The van der Waals surface area contributed by atoms with Crippen LogP contribution in [0, 0.1) is 0 Å². The Labute approximate surface area is 173 Å². The molecule has 0 spiro atoms. The number of carbonyl (C=O) groups is 2. The van der Waals surface area contributed by atoms with Gasteiger partial charge >= 0.3 is 11.9 Å². The predicted molar refractivity (Wildman–Crippen MR) is 116 cm³/mol. The number of unbranched alkanes of at least 4 members (excludes halogenated alkanes) is 10. The van der Waals surface area contributed by atoms with Crippen molar-refractivity contribution < 1.29 is 19.1 Å². The Kier molecular flexibility index (Phi) is 20.9. The highest BCUT2D eigenvalue weighted by atomic mass is 16.5. The second kappa shape index (κ2) is 22.0. The lowest BCUT2D eigenvalue weighted by Crippen LogP contribution is -2.09. The molecule has 0 heterocycles. The molecule has 0 amide bonds. The first-order valence-electron chi connectivity index (χ1n) is 11.7. The van der Waals surface area contributed by atoms with E-state index in [1.165, 1.54) is 51.4 Å². The van der Waals surface area contributed by atoms with E-state index in [9.17, 15) is 9.59 Å². The largest absolute Gasteiger partial charge is 0.466 e. The summed E-state index contributed by atoms with van der Waals surface area (Å²) in [6, 6.07) is 0. The van der Waals surface area contributed by atoms with Gasteiger partial charge in [-0.2, -0.15) is 0 Å². The molecule has 164 valence electrons. The quantitative estimate of drug-likeness (QED) is 0.127. The summed E-state index contributed by atoms with van der Waals surface area (Å²) in [4.78, 5) is 23.1. The zero-order valence-electron chi connectivity index (χ0n) is 18.5. The molecule has 0 fully saturated rings. The zero-order valence-corrected chi connectivity index (χ0v) is 18.5. The Hall–Kier alpha value is -1.32. The van der Waals surface area contributed by atoms with Crippen molar-refractivity contribution in [3.8, 4) is 0 Å². The van der Waals surface area contributed by atoms with Crippen LogP contribution in [0.15, 0.2) is 12.2 Å². The van der Waals surface area contributed by atoms with Crippen LogP contribution in [0.2, 0.25) is 0 Å². The number of hydrogen-bond donors (Lipinski definition) is 0. The molecule has 0 saturated heterocycles. The number of hydrogen-bond acceptors (Lipinski definition) is 4. The Bertz CT molecular complexity index is 390. The number of esters is 2. The summed E-state index contributed by atoms with van der Waals surface area (Å²) >= 11 is 0. The van der Waals surface area contributed by atoms with Crippen molar-refractivity contribution in [2.24, 2.45) is 0 Å². The molecule has 4 nitrogen and oxygen atoms in total.